The van der Waals surface area contributed by atoms with Gasteiger partial charge in [0.25, 0.3) is 0 Å². The minimum Gasteiger partial charge on any atom is -0.496 e. The van der Waals surface area contributed by atoms with Gasteiger partial charge in [-0.2, -0.15) is 0 Å². The highest BCUT2D eigenvalue weighted by molar-refractivity contribution is 5.68. The molecule has 6 nitrogen and oxygen atoms in total. The van der Waals surface area contributed by atoms with Crippen molar-refractivity contribution in [2.45, 2.75) is 45.9 Å². The number of methoxy groups -OCH3 is 1. The maximum atomic E-state index is 12.3. The molecule has 1 aliphatic rings. The van der Waals surface area contributed by atoms with Crippen molar-refractivity contribution in [3.63, 3.8) is 0 Å². The molecule has 1 atom stereocenters. The van der Waals surface area contributed by atoms with E-state index in [0.29, 0.717) is 6.54 Å². The van der Waals surface area contributed by atoms with Crippen molar-refractivity contribution in [1.82, 2.24) is 9.80 Å². The summed E-state index contributed by atoms with van der Waals surface area (Å²) in [6.45, 7) is 10.7. The number of carbonyl (C=O) groups is 1. The summed E-state index contributed by atoms with van der Waals surface area (Å²) >= 11 is 0. The van der Waals surface area contributed by atoms with Crippen molar-refractivity contribution in [1.29, 1.82) is 0 Å². The van der Waals surface area contributed by atoms with Crippen molar-refractivity contribution < 1.29 is 14.3 Å². The topological polar surface area (TPSA) is 68.0 Å². The summed E-state index contributed by atoms with van der Waals surface area (Å²) in [5.41, 5.74) is 7.22. The van der Waals surface area contributed by atoms with E-state index in [1.165, 1.54) is 0 Å². The molecule has 2 N–H and O–H groups in total. The summed E-state index contributed by atoms with van der Waals surface area (Å²) in [5.74, 6) is 0.839. The number of hydrogen-bond acceptors (Lipinski definition) is 5. The lowest BCUT2D eigenvalue weighted by Crippen LogP contribution is -2.54. The fourth-order valence-electron chi connectivity index (χ4n) is 2.93. The van der Waals surface area contributed by atoms with E-state index in [9.17, 15) is 4.79 Å². The van der Waals surface area contributed by atoms with Gasteiger partial charge in [0.2, 0.25) is 0 Å². The van der Waals surface area contributed by atoms with E-state index in [4.69, 9.17) is 15.2 Å². The van der Waals surface area contributed by atoms with Crippen LogP contribution in [0.2, 0.25) is 0 Å². The Labute approximate surface area is 144 Å². The van der Waals surface area contributed by atoms with Crippen LogP contribution in [0.15, 0.2) is 18.2 Å². The van der Waals surface area contributed by atoms with E-state index in [1.807, 2.05) is 45.9 Å². The van der Waals surface area contributed by atoms with Crippen LogP contribution in [0.1, 0.15) is 33.3 Å². The number of carbonyl (C=O) groups excluding carboxylic acids is 1. The summed E-state index contributed by atoms with van der Waals surface area (Å²) < 4.78 is 10.9. The Balaban J connectivity index is 1.98. The van der Waals surface area contributed by atoms with Crippen molar-refractivity contribution >= 4 is 11.8 Å². The van der Waals surface area contributed by atoms with Gasteiger partial charge < -0.3 is 20.1 Å². The summed E-state index contributed by atoms with van der Waals surface area (Å²) in [7, 11) is 1.66. The van der Waals surface area contributed by atoms with Crippen LogP contribution in [0.5, 0.6) is 5.75 Å². The molecule has 2 rings (SSSR count). The van der Waals surface area contributed by atoms with Crippen LogP contribution in [0.3, 0.4) is 0 Å². The number of benzene rings is 1. The molecule has 0 aromatic heterocycles. The van der Waals surface area contributed by atoms with Crippen LogP contribution in [0.25, 0.3) is 0 Å². The number of nitrogen functional groups attached to an aromatic ring is 1. The standard InChI is InChI=1S/C18H29N3O3/c1-13-11-20(8-9-21(13)17(22)24-18(2,3)4)12-14-10-15(19)6-7-16(14)23-5/h6-7,10,13H,8-9,11-12,19H2,1-5H3/t13-/m0/s1. The summed E-state index contributed by atoms with van der Waals surface area (Å²) in [6.07, 6.45) is -0.240. The second-order valence-corrected chi connectivity index (χ2v) is 7.33. The third-order valence-electron chi connectivity index (χ3n) is 4.04. The van der Waals surface area contributed by atoms with E-state index in [1.54, 1.807) is 12.0 Å². The number of rotatable bonds is 3. The van der Waals surface area contributed by atoms with Crippen LogP contribution in [0, 0.1) is 0 Å². The lowest BCUT2D eigenvalue weighted by Gasteiger charge is -2.40. The maximum absolute atomic E-state index is 12.3. The lowest BCUT2D eigenvalue weighted by molar-refractivity contribution is 0.000487. The SMILES string of the molecule is COc1ccc(N)cc1CN1CCN(C(=O)OC(C)(C)C)[C@@H](C)C1. The molecule has 1 heterocycles. The molecule has 1 aromatic rings. The van der Waals surface area contributed by atoms with Gasteiger partial charge >= 0.3 is 6.09 Å². The number of ether oxygens (including phenoxy) is 2. The predicted molar refractivity (Wildman–Crippen MR) is 95.1 cm³/mol. The van der Waals surface area contributed by atoms with Crippen LogP contribution in [-0.4, -0.2) is 54.3 Å². The Kier molecular flexibility index (Phi) is 5.59. The minimum atomic E-state index is -0.469. The lowest BCUT2D eigenvalue weighted by atomic mass is 10.1. The van der Waals surface area contributed by atoms with Crippen molar-refractivity contribution in [2.24, 2.45) is 0 Å². The van der Waals surface area contributed by atoms with Gasteiger partial charge in [-0.05, 0) is 45.9 Å². The van der Waals surface area contributed by atoms with Crippen molar-refractivity contribution in [2.75, 3.05) is 32.5 Å². The number of hydrogen-bond donors (Lipinski definition) is 1. The largest absolute Gasteiger partial charge is 0.496 e. The predicted octanol–water partition coefficient (Wildman–Crippen LogP) is 2.72. The zero-order valence-electron chi connectivity index (χ0n) is 15.3. The molecule has 6 heteroatoms. The van der Waals surface area contributed by atoms with Crippen LogP contribution < -0.4 is 10.5 Å². The molecule has 0 radical (unpaired) electrons. The zero-order chi connectivity index (χ0) is 17.9. The van der Waals surface area contributed by atoms with Gasteiger partial charge in [-0.1, -0.05) is 0 Å². The Morgan fingerprint density at radius 1 is 1.33 bits per heavy atom. The highest BCUT2D eigenvalue weighted by Gasteiger charge is 2.31. The summed E-state index contributed by atoms with van der Waals surface area (Å²) in [5, 5.41) is 0. The monoisotopic (exact) mass is 335 g/mol. The Bertz CT molecular complexity index is 583. The van der Waals surface area contributed by atoms with Gasteiger partial charge in [0.1, 0.15) is 11.4 Å². The molecule has 0 aliphatic carbocycles. The van der Waals surface area contributed by atoms with E-state index < -0.39 is 5.60 Å². The van der Waals surface area contributed by atoms with Gasteiger partial charge in [0, 0.05) is 43.5 Å². The number of nitrogens with zero attached hydrogens (tertiary/aromatic N) is 2. The number of amides is 1. The number of anilines is 1. The molecule has 1 saturated heterocycles. The quantitative estimate of drug-likeness (QED) is 0.860. The van der Waals surface area contributed by atoms with Gasteiger partial charge in [-0.3, -0.25) is 4.90 Å². The van der Waals surface area contributed by atoms with E-state index >= 15 is 0 Å². The first-order valence-electron chi connectivity index (χ1n) is 8.34. The van der Waals surface area contributed by atoms with Crippen LogP contribution in [0.4, 0.5) is 10.5 Å². The summed E-state index contributed by atoms with van der Waals surface area (Å²) in [6, 6.07) is 5.78. The van der Waals surface area contributed by atoms with Gasteiger partial charge in [-0.15, -0.1) is 0 Å². The van der Waals surface area contributed by atoms with Gasteiger partial charge in [0.05, 0.1) is 7.11 Å². The normalized spacial score (nSPS) is 19.2. The first kappa shape index (κ1) is 18.4. The summed E-state index contributed by atoms with van der Waals surface area (Å²) in [4.78, 5) is 16.4. The fraction of sp³-hybridized carbons (Fsp3) is 0.611. The zero-order valence-corrected chi connectivity index (χ0v) is 15.3. The second-order valence-electron chi connectivity index (χ2n) is 7.33. The van der Waals surface area contributed by atoms with E-state index in [-0.39, 0.29) is 12.1 Å². The molecule has 1 fully saturated rings. The third kappa shape index (κ3) is 4.77. The maximum Gasteiger partial charge on any atom is 0.410 e. The average molecular weight is 335 g/mol. The molecular formula is C18H29N3O3. The first-order valence-corrected chi connectivity index (χ1v) is 8.34. The highest BCUT2D eigenvalue weighted by atomic mass is 16.6. The molecule has 0 spiro atoms. The van der Waals surface area contributed by atoms with Crippen LogP contribution in [-0.2, 0) is 11.3 Å². The average Bonchev–Trinajstić information content (AvgIpc) is 2.45. The fourth-order valence-corrected chi connectivity index (χ4v) is 2.93. The second kappa shape index (κ2) is 7.30. The molecular weight excluding hydrogens is 306 g/mol. The molecule has 1 aromatic carbocycles. The van der Waals surface area contributed by atoms with Crippen molar-refractivity contribution in [3.05, 3.63) is 23.8 Å². The Hall–Kier alpha value is -1.95. The Morgan fingerprint density at radius 2 is 2.04 bits per heavy atom. The van der Waals surface area contributed by atoms with Gasteiger partial charge in [-0.25, -0.2) is 4.79 Å². The van der Waals surface area contributed by atoms with E-state index in [0.717, 1.165) is 36.6 Å². The molecule has 24 heavy (non-hydrogen) atoms. The van der Waals surface area contributed by atoms with Crippen molar-refractivity contribution in [3.8, 4) is 5.75 Å². The molecule has 0 unspecified atom stereocenters. The van der Waals surface area contributed by atoms with Gasteiger partial charge in [0.15, 0.2) is 0 Å². The van der Waals surface area contributed by atoms with Crippen LogP contribution >= 0.6 is 0 Å². The molecule has 1 aliphatic heterocycles. The minimum absolute atomic E-state index is 0.0978. The Morgan fingerprint density at radius 3 is 2.62 bits per heavy atom. The van der Waals surface area contributed by atoms with E-state index in [2.05, 4.69) is 4.90 Å². The number of nitrogens with two attached hydrogens (primary N) is 1. The molecule has 1 amide bonds. The molecule has 0 saturated carbocycles. The third-order valence-corrected chi connectivity index (χ3v) is 4.04. The molecule has 134 valence electrons. The first-order chi connectivity index (χ1) is 11.2. The number of piperazine rings is 1. The molecule has 0 bridgehead atoms. The highest BCUT2D eigenvalue weighted by Crippen LogP contribution is 2.24. The smallest absolute Gasteiger partial charge is 0.410 e.